The van der Waals surface area contributed by atoms with Gasteiger partial charge in [-0.05, 0) is 43.7 Å². The van der Waals surface area contributed by atoms with E-state index in [1.54, 1.807) is 19.2 Å². The van der Waals surface area contributed by atoms with E-state index in [9.17, 15) is 9.59 Å². The summed E-state index contributed by atoms with van der Waals surface area (Å²) >= 11 is 0. The van der Waals surface area contributed by atoms with E-state index in [0.717, 1.165) is 19.4 Å². The first-order valence-corrected chi connectivity index (χ1v) is 8.94. The number of rotatable bonds is 4. The summed E-state index contributed by atoms with van der Waals surface area (Å²) in [4.78, 5) is 26.8. The summed E-state index contributed by atoms with van der Waals surface area (Å²) in [6, 6.07) is 7.51. The number of ether oxygens (including phenoxy) is 1. The van der Waals surface area contributed by atoms with E-state index < -0.39 is 5.97 Å². The van der Waals surface area contributed by atoms with Crippen molar-refractivity contribution in [1.29, 1.82) is 0 Å². The molecule has 1 saturated heterocycles. The average molecular weight is 330 g/mol. The van der Waals surface area contributed by atoms with Crippen LogP contribution in [0.1, 0.15) is 48.9 Å². The summed E-state index contributed by atoms with van der Waals surface area (Å²) in [6.45, 7) is 0.630. The molecule has 2 aliphatic rings. The smallest absolute Gasteiger partial charge is 0.340 e. The van der Waals surface area contributed by atoms with Crippen LogP contribution in [0.3, 0.4) is 0 Å². The average Bonchev–Trinajstić information content (AvgIpc) is 2.65. The van der Waals surface area contributed by atoms with Gasteiger partial charge in [-0.2, -0.15) is 0 Å². The monoisotopic (exact) mass is 330 g/mol. The van der Waals surface area contributed by atoms with Crippen molar-refractivity contribution in [1.82, 2.24) is 4.90 Å². The van der Waals surface area contributed by atoms with E-state index in [0.29, 0.717) is 23.2 Å². The van der Waals surface area contributed by atoms with Gasteiger partial charge in [-0.15, -0.1) is 0 Å². The number of likely N-dealkylation sites (tertiary alicyclic amines) is 1. The van der Waals surface area contributed by atoms with Gasteiger partial charge in [0.15, 0.2) is 6.61 Å². The lowest BCUT2D eigenvalue weighted by Crippen LogP contribution is -2.50. The van der Waals surface area contributed by atoms with Crippen molar-refractivity contribution >= 4 is 17.6 Å². The molecule has 1 aromatic rings. The summed E-state index contributed by atoms with van der Waals surface area (Å²) < 4.78 is 5.30. The molecule has 0 spiro atoms. The third-order valence-electron chi connectivity index (χ3n) is 5.31. The van der Waals surface area contributed by atoms with Crippen LogP contribution in [0.2, 0.25) is 0 Å². The van der Waals surface area contributed by atoms with Crippen LogP contribution < -0.4 is 5.32 Å². The predicted molar refractivity (Wildman–Crippen MR) is 93.0 cm³/mol. The van der Waals surface area contributed by atoms with Gasteiger partial charge in [-0.3, -0.25) is 4.79 Å². The van der Waals surface area contributed by atoms with Crippen LogP contribution in [-0.2, 0) is 9.53 Å². The fourth-order valence-electron chi connectivity index (χ4n) is 4.10. The van der Waals surface area contributed by atoms with Crippen LogP contribution in [0.25, 0.3) is 0 Å². The van der Waals surface area contributed by atoms with Crippen molar-refractivity contribution < 1.29 is 14.3 Å². The molecule has 2 atom stereocenters. The van der Waals surface area contributed by atoms with Crippen LogP contribution in [0, 0.1) is 5.92 Å². The van der Waals surface area contributed by atoms with Gasteiger partial charge in [-0.1, -0.05) is 25.0 Å². The van der Waals surface area contributed by atoms with Crippen LogP contribution in [0.5, 0.6) is 0 Å². The van der Waals surface area contributed by atoms with Crippen molar-refractivity contribution in [3.05, 3.63) is 29.8 Å². The zero-order valence-electron chi connectivity index (χ0n) is 14.3. The van der Waals surface area contributed by atoms with Crippen LogP contribution in [0.4, 0.5) is 5.69 Å². The fourth-order valence-corrected chi connectivity index (χ4v) is 4.10. The highest BCUT2D eigenvalue weighted by Crippen LogP contribution is 2.35. The Morgan fingerprint density at radius 2 is 1.92 bits per heavy atom. The molecule has 1 aliphatic heterocycles. The molecular weight excluding hydrogens is 304 g/mol. The highest BCUT2D eigenvalue weighted by Gasteiger charge is 2.35. The number of piperidine rings is 1. The number of benzene rings is 1. The fraction of sp³-hybridized carbons (Fsp3) is 0.579. The number of amides is 1. The molecule has 1 aromatic carbocycles. The number of esters is 1. The molecule has 5 nitrogen and oxygen atoms in total. The molecule has 1 amide bonds. The SMILES string of the molecule is CNc1ccccc1C(=O)OCC(=O)N1CCC[C@H]2CCCC[C@@H]21. The Balaban J connectivity index is 1.59. The van der Waals surface area contributed by atoms with Gasteiger partial charge in [0.25, 0.3) is 5.91 Å². The number of carbonyl (C=O) groups excluding carboxylic acids is 2. The topological polar surface area (TPSA) is 58.6 Å². The lowest BCUT2D eigenvalue weighted by Gasteiger charge is -2.44. The zero-order chi connectivity index (χ0) is 16.9. The largest absolute Gasteiger partial charge is 0.452 e. The minimum Gasteiger partial charge on any atom is -0.452 e. The Morgan fingerprint density at radius 3 is 2.75 bits per heavy atom. The van der Waals surface area contributed by atoms with Gasteiger partial charge in [-0.25, -0.2) is 4.79 Å². The van der Waals surface area contributed by atoms with Crippen molar-refractivity contribution in [2.45, 2.75) is 44.6 Å². The second-order valence-electron chi connectivity index (χ2n) is 6.71. The number of nitrogens with zero attached hydrogens (tertiary/aromatic N) is 1. The van der Waals surface area contributed by atoms with E-state index in [1.807, 2.05) is 17.0 Å². The number of fused-ring (bicyclic) bond motifs is 1. The third-order valence-corrected chi connectivity index (χ3v) is 5.31. The molecule has 3 rings (SSSR count). The molecule has 1 saturated carbocycles. The Hall–Kier alpha value is -2.04. The number of nitrogens with one attached hydrogen (secondary N) is 1. The summed E-state index contributed by atoms with van der Waals surface area (Å²) in [7, 11) is 1.76. The first-order valence-electron chi connectivity index (χ1n) is 8.94. The Bertz CT molecular complexity index is 600. The van der Waals surface area contributed by atoms with E-state index in [-0.39, 0.29) is 12.5 Å². The molecule has 1 aliphatic carbocycles. The third kappa shape index (κ3) is 3.55. The maximum absolute atomic E-state index is 12.6. The number of carbonyl (C=O) groups is 2. The number of hydrogen-bond acceptors (Lipinski definition) is 4. The summed E-state index contributed by atoms with van der Waals surface area (Å²) in [5.74, 6) is 0.129. The number of anilines is 1. The van der Waals surface area contributed by atoms with Crippen molar-refractivity contribution in [2.75, 3.05) is 25.5 Å². The molecule has 0 bridgehead atoms. The van der Waals surface area contributed by atoms with Gasteiger partial charge in [0.1, 0.15) is 0 Å². The Kier molecular flexibility index (Phi) is 5.38. The normalized spacial score (nSPS) is 23.3. The molecule has 24 heavy (non-hydrogen) atoms. The minimum atomic E-state index is -0.453. The first kappa shape index (κ1) is 16.8. The van der Waals surface area contributed by atoms with Crippen molar-refractivity contribution in [3.8, 4) is 0 Å². The van der Waals surface area contributed by atoms with Crippen molar-refractivity contribution in [3.63, 3.8) is 0 Å². The molecule has 2 fully saturated rings. The van der Waals surface area contributed by atoms with E-state index in [4.69, 9.17) is 4.74 Å². The van der Waals surface area contributed by atoms with Crippen molar-refractivity contribution in [2.24, 2.45) is 5.92 Å². The molecule has 1 N–H and O–H groups in total. The molecule has 1 heterocycles. The van der Waals surface area contributed by atoms with Gasteiger partial charge in [0.2, 0.25) is 0 Å². The zero-order valence-corrected chi connectivity index (χ0v) is 14.3. The molecule has 0 radical (unpaired) electrons. The quantitative estimate of drug-likeness (QED) is 0.862. The standard InChI is InChI=1S/C19H26N2O3/c1-20-16-10-4-3-9-15(16)19(23)24-13-18(22)21-12-6-8-14-7-2-5-11-17(14)21/h3-4,9-10,14,17,20H,2,5-8,11-13H2,1H3/t14-,17+/m1/s1. The molecular formula is C19H26N2O3. The van der Waals surface area contributed by atoms with E-state index in [1.165, 1.54) is 25.7 Å². The minimum absolute atomic E-state index is 0.0538. The second-order valence-corrected chi connectivity index (χ2v) is 6.71. The first-order chi connectivity index (χ1) is 11.7. The Morgan fingerprint density at radius 1 is 1.17 bits per heavy atom. The number of hydrogen-bond donors (Lipinski definition) is 1. The summed E-state index contributed by atoms with van der Waals surface area (Å²) in [5.41, 5.74) is 1.17. The van der Waals surface area contributed by atoms with E-state index in [2.05, 4.69) is 5.32 Å². The van der Waals surface area contributed by atoms with Gasteiger partial charge < -0.3 is 15.0 Å². The van der Waals surface area contributed by atoms with Gasteiger partial charge in [0, 0.05) is 25.3 Å². The second kappa shape index (κ2) is 7.69. The highest BCUT2D eigenvalue weighted by atomic mass is 16.5. The number of para-hydroxylation sites is 1. The molecule has 0 aromatic heterocycles. The molecule has 5 heteroatoms. The lowest BCUT2D eigenvalue weighted by molar-refractivity contribution is -0.140. The summed E-state index contributed by atoms with van der Waals surface area (Å²) in [6.07, 6.45) is 7.07. The molecule has 0 unspecified atom stereocenters. The van der Waals surface area contributed by atoms with Gasteiger partial charge in [0.05, 0.1) is 5.56 Å². The summed E-state index contributed by atoms with van der Waals surface area (Å²) in [5, 5.41) is 2.97. The van der Waals surface area contributed by atoms with Crippen LogP contribution in [0.15, 0.2) is 24.3 Å². The lowest BCUT2D eigenvalue weighted by atomic mass is 9.78. The highest BCUT2D eigenvalue weighted by molar-refractivity contribution is 5.96. The molecule has 130 valence electrons. The van der Waals surface area contributed by atoms with Crippen LogP contribution in [-0.4, -0.2) is 43.0 Å². The maximum atomic E-state index is 12.6. The maximum Gasteiger partial charge on any atom is 0.340 e. The van der Waals surface area contributed by atoms with E-state index >= 15 is 0 Å². The van der Waals surface area contributed by atoms with Crippen LogP contribution >= 0.6 is 0 Å². The Labute approximate surface area is 143 Å². The predicted octanol–water partition coefficient (Wildman–Crippen LogP) is 3.07. The van der Waals surface area contributed by atoms with Gasteiger partial charge >= 0.3 is 5.97 Å².